The quantitative estimate of drug-likeness (QED) is 0.285. The van der Waals surface area contributed by atoms with Gasteiger partial charge in [-0.15, -0.1) is 0 Å². The molecule has 0 unspecified atom stereocenters. The summed E-state index contributed by atoms with van der Waals surface area (Å²) in [7, 11) is 0. The normalized spacial score (nSPS) is 14.6. The summed E-state index contributed by atoms with van der Waals surface area (Å²) in [5, 5.41) is 0. The third-order valence-electron chi connectivity index (χ3n) is 5.78. The van der Waals surface area contributed by atoms with E-state index in [9.17, 15) is 4.79 Å². The van der Waals surface area contributed by atoms with Crippen LogP contribution in [0.4, 0.5) is 0 Å². The Morgan fingerprint density at radius 2 is 1.12 bits per heavy atom. The minimum absolute atomic E-state index is 0.0562. The Bertz CT molecular complexity index is 1170. The summed E-state index contributed by atoms with van der Waals surface area (Å²) in [6.45, 7) is 0. The first-order valence-electron chi connectivity index (χ1n) is 8.74. The van der Waals surface area contributed by atoms with Gasteiger partial charge in [-0.3, -0.25) is 0 Å². The third-order valence-corrected chi connectivity index (χ3v) is 8.26. The summed E-state index contributed by atoms with van der Waals surface area (Å²) in [5.41, 5.74) is 9.05. The molecular weight excluding hydrogens is 383 g/mol. The SMILES string of the molecule is O=Cc1cc2c([se]1)C1(c3ccccc3-c3ccccc31)c1ccccc1-2. The number of carbonyl (C=O) groups excluding carboxylic acids is 1. The van der Waals surface area contributed by atoms with Crippen molar-refractivity contribution in [3.05, 3.63) is 104 Å². The van der Waals surface area contributed by atoms with Crippen molar-refractivity contribution >= 4 is 20.8 Å². The van der Waals surface area contributed by atoms with Crippen molar-refractivity contribution in [1.29, 1.82) is 0 Å². The van der Waals surface area contributed by atoms with Gasteiger partial charge in [-0.05, 0) is 0 Å². The fraction of sp³-hybridized carbons (Fsp3) is 0.0417. The van der Waals surface area contributed by atoms with E-state index in [4.69, 9.17) is 0 Å². The first-order chi connectivity index (χ1) is 12.9. The molecule has 1 nitrogen and oxygen atoms in total. The molecule has 1 spiro atoms. The molecule has 2 aliphatic rings. The van der Waals surface area contributed by atoms with E-state index in [1.165, 1.54) is 43.4 Å². The van der Waals surface area contributed by atoms with Gasteiger partial charge < -0.3 is 0 Å². The second-order valence-electron chi connectivity index (χ2n) is 6.90. The number of hydrogen-bond donors (Lipinski definition) is 0. The van der Waals surface area contributed by atoms with E-state index in [0.29, 0.717) is 0 Å². The van der Waals surface area contributed by atoms with Crippen molar-refractivity contribution in [2.75, 3.05) is 0 Å². The number of aldehydes is 1. The first kappa shape index (κ1) is 14.5. The number of rotatable bonds is 1. The van der Waals surface area contributed by atoms with Crippen molar-refractivity contribution in [1.82, 2.24) is 0 Å². The molecule has 1 aromatic heterocycles. The van der Waals surface area contributed by atoms with E-state index in [1.807, 2.05) is 0 Å². The summed E-state index contributed by atoms with van der Waals surface area (Å²) in [4.78, 5) is 11.6. The van der Waals surface area contributed by atoms with E-state index in [0.717, 1.165) is 10.7 Å². The monoisotopic (exact) mass is 398 g/mol. The molecule has 0 amide bonds. The molecule has 0 radical (unpaired) electrons. The topological polar surface area (TPSA) is 17.1 Å². The van der Waals surface area contributed by atoms with Gasteiger partial charge in [-0.1, -0.05) is 0 Å². The molecule has 26 heavy (non-hydrogen) atoms. The third kappa shape index (κ3) is 1.51. The Labute approximate surface area is 157 Å². The molecule has 0 N–H and O–H groups in total. The van der Waals surface area contributed by atoms with Gasteiger partial charge in [0.25, 0.3) is 0 Å². The van der Waals surface area contributed by atoms with Gasteiger partial charge in [0, 0.05) is 0 Å². The van der Waals surface area contributed by atoms with Crippen LogP contribution < -0.4 is 0 Å². The Morgan fingerprint density at radius 3 is 1.62 bits per heavy atom. The van der Waals surface area contributed by atoms with E-state index in [2.05, 4.69) is 78.9 Å². The number of hydrogen-bond acceptors (Lipinski definition) is 1. The summed E-state index contributed by atoms with van der Waals surface area (Å²) in [6, 6.07) is 28.4. The van der Waals surface area contributed by atoms with Crippen LogP contribution >= 0.6 is 0 Å². The van der Waals surface area contributed by atoms with E-state index in [-0.39, 0.29) is 19.9 Å². The summed E-state index contributed by atoms with van der Waals surface area (Å²) in [6.07, 6.45) is 1.04. The van der Waals surface area contributed by atoms with Crippen LogP contribution in [0.25, 0.3) is 22.3 Å². The average Bonchev–Trinajstić information content (AvgIpc) is 3.33. The van der Waals surface area contributed by atoms with Crippen LogP contribution in [0.1, 0.15) is 30.4 Å². The zero-order valence-electron chi connectivity index (χ0n) is 13.9. The molecule has 2 aliphatic carbocycles. The molecule has 0 aliphatic heterocycles. The van der Waals surface area contributed by atoms with Crippen LogP contribution in [0, 0.1) is 0 Å². The number of benzene rings is 3. The molecule has 1 heterocycles. The molecule has 0 saturated carbocycles. The van der Waals surface area contributed by atoms with Gasteiger partial charge in [0.15, 0.2) is 0 Å². The molecule has 0 fully saturated rings. The van der Waals surface area contributed by atoms with Crippen molar-refractivity contribution in [3.8, 4) is 22.3 Å². The van der Waals surface area contributed by atoms with Crippen molar-refractivity contribution in [3.63, 3.8) is 0 Å². The van der Waals surface area contributed by atoms with Crippen LogP contribution in [0.5, 0.6) is 0 Å². The van der Waals surface area contributed by atoms with Gasteiger partial charge in [0.1, 0.15) is 0 Å². The predicted molar refractivity (Wildman–Crippen MR) is 105 cm³/mol. The fourth-order valence-corrected chi connectivity index (χ4v) is 7.45. The van der Waals surface area contributed by atoms with E-state index < -0.39 is 0 Å². The molecule has 0 saturated heterocycles. The predicted octanol–water partition coefficient (Wildman–Crippen LogP) is 4.90. The Hall–Kier alpha value is -2.67. The van der Waals surface area contributed by atoms with Gasteiger partial charge in [-0.2, -0.15) is 0 Å². The van der Waals surface area contributed by atoms with Crippen LogP contribution in [0.3, 0.4) is 0 Å². The number of fused-ring (bicyclic) bond motifs is 10. The number of carbonyl (C=O) groups is 1. The molecule has 122 valence electrons. The standard InChI is InChI=1S/C24H14OSe/c25-14-15-13-19-18-9-3-6-12-22(18)24(23(19)26-15)20-10-4-1-7-16(20)17-8-2-5-11-21(17)24/h1-14H. The molecule has 4 aromatic rings. The van der Waals surface area contributed by atoms with Crippen LogP contribution in [0.15, 0.2) is 78.9 Å². The molecular formula is C24H14OSe. The van der Waals surface area contributed by atoms with Gasteiger partial charge in [0.05, 0.1) is 0 Å². The molecule has 0 atom stereocenters. The van der Waals surface area contributed by atoms with Crippen LogP contribution in [0.2, 0.25) is 0 Å². The Morgan fingerprint density at radius 1 is 0.654 bits per heavy atom. The molecule has 0 bridgehead atoms. The van der Waals surface area contributed by atoms with E-state index >= 15 is 0 Å². The van der Waals surface area contributed by atoms with Crippen molar-refractivity contribution in [2.45, 2.75) is 5.41 Å². The molecule has 2 heteroatoms. The van der Waals surface area contributed by atoms with Crippen molar-refractivity contribution < 1.29 is 4.79 Å². The average molecular weight is 397 g/mol. The maximum atomic E-state index is 11.6. The summed E-state index contributed by atoms with van der Waals surface area (Å²) >= 11 is 0.0562. The Balaban J connectivity index is 1.86. The summed E-state index contributed by atoms with van der Waals surface area (Å²) < 4.78 is 2.36. The first-order valence-corrected chi connectivity index (χ1v) is 10.5. The van der Waals surface area contributed by atoms with Crippen molar-refractivity contribution in [2.24, 2.45) is 0 Å². The second-order valence-corrected chi connectivity index (χ2v) is 9.17. The van der Waals surface area contributed by atoms with Crippen LogP contribution in [-0.2, 0) is 5.41 Å². The minimum atomic E-state index is -0.236. The Kier molecular flexibility index (Phi) is 2.76. The fourth-order valence-electron chi connectivity index (χ4n) is 4.88. The molecule has 3 aromatic carbocycles. The van der Waals surface area contributed by atoms with Gasteiger partial charge in [0.2, 0.25) is 0 Å². The van der Waals surface area contributed by atoms with Gasteiger partial charge >= 0.3 is 158 Å². The van der Waals surface area contributed by atoms with Gasteiger partial charge in [-0.25, -0.2) is 0 Å². The molecule has 6 rings (SSSR count). The van der Waals surface area contributed by atoms with Crippen LogP contribution in [-0.4, -0.2) is 20.8 Å². The maximum absolute atomic E-state index is 11.6. The van der Waals surface area contributed by atoms with E-state index in [1.54, 1.807) is 0 Å². The zero-order chi connectivity index (χ0) is 17.3. The second kappa shape index (κ2) is 4.94. The zero-order valence-corrected chi connectivity index (χ0v) is 15.6. The summed E-state index contributed by atoms with van der Waals surface area (Å²) in [5.74, 6) is 0.